The molecule has 5 N–H and O–H groups in total. The molecule has 1 atom stereocenters. The third kappa shape index (κ3) is 7.16. The predicted molar refractivity (Wildman–Crippen MR) is 87.2 cm³/mol. The second-order valence-electron chi connectivity index (χ2n) is 4.96. The second kappa shape index (κ2) is 10.1. The third-order valence-electron chi connectivity index (χ3n) is 3.06. The number of nitrogens with one attached hydrogen (secondary N) is 1. The molecule has 136 valence electrons. The number of ether oxygens (including phenoxy) is 1. The molecule has 0 radical (unpaired) electrons. The number of sulfonamides is 1. The van der Waals surface area contributed by atoms with Gasteiger partial charge in [-0.15, -0.1) is 0 Å². The number of carbonyl (C=O) groups excluding carboxylic acids is 1. The third-order valence-corrected chi connectivity index (χ3v) is 4.55. The van der Waals surface area contributed by atoms with Crippen molar-refractivity contribution in [2.75, 3.05) is 13.7 Å². The molecule has 0 saturated heterocycles. The first-order valence-corrected chi connectivity index (χ1v) is 8.47. The molecule has 0 saturated carbocycles. The number of halogens is 1. The lowest BCUT2D eigenvalue weighted by atomic mass is 10.2. The van der Waals surface area contributed by atoms with E-state index in [1.54, 1.807) is 12.1 Å². The molecule has 0 amide bonds. The normalized spacial score (nSPS) is 11.9. The second-order valence-corrected chi connectivity index (χ2v) is 6.67. The summed E-state index contributed by atoms with van der Waals surface area (Å²) in [6, 6.07) is 5.32. The van der Waals surface area contributed by atoms with Crippen LogP contribution in [0.5, 0.6) is 0 Å². The minimum atomic E-state index is -3.82. The highest BCUT2D eigenvalue weighted by Gasteiger charge is 2.25. The zero-order valence-corrected chi connectivity index (χ0v) is 15.1. The molecule has 0 spiro atoms. The number of carbonyl (C=O) groups is 1. The van der Waals surface area contributed by atoms with Gasteiger partial charge in [0.1, 0.15) is 6.04 Å². The molecule has 8 nitrogen and oxygen atoms in total. The van der Waals surface area contributed by atoms with Crippen LogP contribution in [0.4, 0.5) is 0 Å². The lowest BCUT2D eigenvalue weighted by molar-refractivity contribution is -0.142. The molecule has 0 aliphatic rings. The molecule has 0 fully saturated rings. The van der Waals surface area contributed by atoms with Crippen LogP contribution in [0.25, 0.3) is 0 Å². The van der Waals surface area contributed by atoms with Gasteiger partial charge in [0.2, 0.25) is 10.0 Å². The number of nitrogens with two attached hydrogens (primary N) is 2. The SMILES string of the molecule is COC(=O)C(CCCN=C(N)N)NS(=O)(=O)c1ccc(C)cc1.[Cl-]. The Morgan fingerprint density at radius 3 is 2.38 bits per heavy atom. The maximum absolute atomic E-state index is 12.3. The largest absolute Gasteiger partial charge is 1.00 e. The number of benzene rings is 1. The topological polar surface area (TPSA) is 137 Å². The molecule has 1 unspecified atom stereocenters. The van der Waals surface area contributed by atoms with Crippen LogP contribution in [0.3, 0.4) is 0 Å². The average Bonchev–Trinajstić information content (AvgIpc) is 2.49. The molecule has 0 aliphatic carbocycles. The highest BCUT2D eigenvalue weighted by Crippen LogP contribution is 2.12. The van der Waals surface area contributed by atoms with Gasteiger partial charge in [-0.2, -0.15) is 4.72 Å². The number of methoxy groups -OCH3 is 1. The van der Waals surface area contributed by atoms with Crippen LogP contribution in [0, 0.1) is 6.92 Å². The minimum Gasteiger partial charge on any atom is -1.00 e. The van der Waals surface area contributed by atoms with Gasteiger partial charge in [0.05, 0.1) is 12.0 Å². The average molecular weight is 378 g/mol. The monoisotopic (exact) mass is 377 g/mol. The van der Waals surface area contributed by atoms with E-state index in [0.29, 0.717) is 13.0 Å². The van der Waals surface area contributed by atoms with E-state index >= 15 is 0 Å². The van der Waals surface area contributed by atoms with Crippen molar-refractivity contribution in [2.24, 2.45) is 16.5 Å². The van der Waals surface area contributed by atoms with E-state index in [9.17, 15) is 13.2 Å². The van der Waals surface area contributed by atoms with Crippen molar-refractivity contribution in [1.29, 1.82) is 0 Å². The Hall–Kier alpha value is -1.84. The molecule has 0 aliphatic heterocycles. The highest BCUT2D eigenvalue weighted by atomic mass is 35.5. The van der Waals surface area contributed by atoms with Crippen LogP contribution in [0.1, 0.15) is 18.4 Å². The summed E-state index contributed by atoms with van der Waals surface area (Å²) < 4.78 is 31.7. The Morgan fingerprint density at radius 2 is 1.88 bits per heavy atom. The summed E-state index contributed by atoms with van der Waals surface area (Å²) in [6.45, 7) is 2.15. The predicted octanol–water partition coefficient (Wildman–Crippen LogP) is -3.13. The standard InChI is InChI=1S/C14H22N4O4S.ClH/c1-10-5-7-11(8-6-10)23(20,21)18-12(13(19)22-2)4-3-9-17-14(15)16;/h5-8,12,18H,3-4,9H2,1-2H3,(H4,15,16,17);1H/p-1. The Bertz CT molecular complexity index is 658. The van der Waals surface area contributed by atoms with E-state index in [4.69, 9.17) is 11.5 Å². The molecule has 0 aromatic heterocycles. The minimum absolute atomic E-state index is 0. The van der Waals surface area contributed by atoms with Gasteiger partial charge in [-0.1, -0.05) is 17.7 Å². The number of aliphatic imine (C=N–C) groups is 1. The molecular formula is C14H22ClN4O4S-. The van der Waals surface area contributed by atoms with Crippen molar-refractivity contribution >= 4 is 22.0 Å². The lowest BCUT2D eigenvalue weighted by Gasteiger charge is -2.16. The maximum atomic E-state index is 12.3. The summed E-state index contributed by atoms with van der Waals surface area (Å²) in [6.07, 6.45) is 0.641. The van der Waals surface area contributed by atoms with Crippen LogP contribution >= 0.6 is 0 Å². The number of nitrogens with zero attached hydrogens (tertiary/aromatic N) is 1. The van der Waals surface area contributed by atoms with Crippen molar-refractivity contribution in [3.8, 4) is 0 Å². The number of guanidine groups is 1. The zero-order chi connectivity index (χ0) is 17.5. The molecular weight excluding hydrogens is 356 g/mol. The molecule has 1 rings (SSSR count). The fraction of sp³-hybridized carbons (Fsp3) is 0.429. The molecule has 10 heteroatoms. The van der Waals surface area contributed by atoms with Crippen LogP contribution in [0.2, 0.25) is 0 Å². The van der Waals surface area contributed by atoms with E-state index in [1.807, 2.05) is 6.92 Å². The van der Waals surface area contributed by atoms with Crippen molar-refractivity contribution in [3.63, 3.8) is 0 Å². The van der Waals surface area contributed by atoms with Crippen molar-refractivity contribution < 1.29 is 30.4 Å². The first kappa shape index (κ1) is 22.2. The Morgan fingerprint density at radius 1 is 1.29 bits per heavy atom. The number of rotatable bonds is 8. The smallest absolute Gasteiger partial charge is 0.323 e. The zero-order valence-electron chi connectivity index (χ0n) is 13.5. The van der Waals surface area contributed by atoms with Gasteiger partial charge < -0.3 is 28.6 Å². The van der Waals surface area contributed by atoms with Gasteiger partial charge in [0.25, 0.3) is 0 Å². The summed E-state index contributed by atoms with van der Waals surface area (Å²) in [7, 11) is -2.62. The van der Waals surface area contributed by atoms with E-state index < -0.39 is 22.0 Å². The Labute approximate surface area is 148 Å². The highest BCUT2D eigenvalue weighted by molar-refractivity contribution is 7.89. The fourth-order valence-corrected chi connectivity index (χ4v) is 3.06. The molecule has 24 heavy (non-hydrogen) atoms. The number of hydrogen-bond donors (Lipinski definition) is 3. The summed E-state index contributed by atoms with van der Waals surface area (Å²) in [4.78, 5) is 15.6. The first-order chi connectivity index (χ1) is 10.8. The molecule has 0 bridgehead atoms. The van der Waals surface area contributed by atoms with Gasteiger partial charge in [0.15, 0.2) is 5.96 Å². The number of aryl methyl sites for hydroxylation is 1. The van der Waals surface area contributed by atoms with Crippen LogP contribution in [0.15, 0.2) is 34.2 Å². The molecule has 1 aromatic carbocycles. The van der Waals surface area contributed by atoms with Gasteiger partial charge in [-0.25, -0.2) is 8.42 Å². The van der Waals surface area contributed by atoms with Crippen LogP contribution in [-0.2, 0) is 19.6 Å². The van der Waals surface area contributed by atoms with Crippen LogP contribution < -0.4 is 28.6 Å². The van der Waals surface area contributed by atoms with Crippen molar-refractivity contribution in [3.05, 3.63) is 29.8 Å². The summed E-state index contributed by atoms with van der Waals surface area (Å²) in [5.74, 6) is -0.717. The molecule has 1 aromatic rings. The number of esters is 1. The van der Waals surface area contributed by atoms with Gasteiger partial charge in [-0.3, -0.25) is 9.79 Å². The Balaban J connectivity index is 0.00000529. The van der Waals surface area contributed by atoms with Gasteiger partial charge in [0, 0.05) is 6.54 Å². The van der Waals surface area contributed by atoms with E-state index in [2.05, 4.69) is 14.5 Å². The van der Waals surface area contributed by atoms with Crippen LogP contribution in [-0.4, -0.2) is 40.0 Å². The maximum Gasteiger partial charge on any atom is 0.323 e. The van der Waals surface area contributed by atoms with Crippen molar-refractivity contribution in [1.82, 2.24) is 4.72 Å². The Kier molecular flexibility index (Phi) is 9.34. The lowest BCUT2D eigenvalue weighted by Crippen LogP contribution is -3.00. The first-order valence-electron chi connectivity index (χ1n) is 6.98. The van der Waals surface area contributed by atoms with Crippen molar-refractivity contribution in [2.45, 2.75) is 30.7 Å². The van der Waals surface area contributed by atoms with Gasteiger partial charge in [-0.05, 0) is 31.9 Å². The summed E-state index contributed by atoms with van der Waals surface area (Å²) in [5, 5.41) is 0. The number of hydrogen-bond acceptors (Lipinski definition) is 5. The fourth-order valence-electron chi connectivity index (χ4n) is 1.84. The van der Waals surface area contributed by atoms with E-state index in [-0.39, 0.29) is 29.7 Å². The summed E-state index contributed by atoms with van der Waals surface area (Å²) in [5.41, 5.74) is 11.4. The molecule has 0 heterocycles. The van der Waals surface area contributed by atoms with E-state index in [0.717, 1.165) is 5.56 Å². The van der Waals surface area contributed by atoms with E-state index in [1.165, 1.54) is 19.2 Å². The van der Waals surface area contributed by atoms with Gasteiger partial charge >= 0.3 is 5.97 Å². The quantitative estimate of drug-likeness (QED) is 0.190. The summed E-state index contributed by atoms with van der Waals surface area (Å²) >= 11 is 0.